The Morgan fingerprint density at radius 2 is 1.17 bits per heavy atom. The van der Waals surface area contributed by atoms with Gasteiger partial charge in [-0.3, -0.25) is 0 Å². The van der Waals surface area contributed by atoms with Gasteiger partial charge in [0.05, 0.1) is 5.39 Å². The summed E-state index contributed by atoms with van der Waals surface area (Å²) in [6.07, 6.45) is 0. The van der Waals surface area contributed by atoms with Crippen molar-refractivity contribution in [1.29, 1.82) is 0 Å². The van der Waals surface area contributed by atoms with Crippen LogP contribution in [0.3, 0.4) is 0 Å². The predicted molar refractivity (Wildman–Crippen MR) is 200 cm³/mol. The number of oxazole rings is 1. The SMILES string of the molecule is c1ccc(-c2nc3ccc4oc5cc(-c6ccc(N(c7ccccc7)c7ccc8sc9ccccc9c8c7)cc6)ccc5c4c3o2)cc1. The zero-order valence-corrected chi connectivity index (χ0v) is 26.4. The number of aromatic nitrogens is 1. The average Bonchev–Trinajstić information content (AvgIpc) is 3.86. The Hall–Kier alpha value is -6.17. The van der Waals surface area contributed by atoms with Crippen molar-refractivity contribution in [2.75, 3.05) is 4.90 Å². The molecule has 0 unspecified atom stereocenters. The fraction of sp³-hybridized carbons (Fsp3) is 0. The molecule has 10 rings (SSSR count). The maximum absolute atomic E-state index is 6.38. The number of hydrogen-bond acceptors (Lipinski definition) is 5. The molecule has 0 aliphatic rings. The Morgan fingerprint density at radius 3 is 2.02 bits per heavy atom. The number of hydrogen-bond donors (Lipinski definition) is 0. The van der Waals surface area contributed by atoms with Gasteiger partial charge < -0.3 is 13.7 Å². The van der Waals surface area contributed by atoms with E-state index in [1.807, 2.05) is 53.8 Å². The summed E-state index contributed by atoms with van der Waals surface area (Å²) in [5.74, 6) is 0.609. The van der Waals surface area contributed by atoms with E-state index in [1.165, 1.54) is 20.2 Å². The molecular weight excluding hydrogens is 609 g/mol. The molecule has 0 fully saturated rings. The first-order chi connectivity index (χ1) is 23.8. The van der Waals surface area contributed by atoms with Gasteiger partial charge in [-0.1, -0.05) is 72.8 Å². The zero-order chi connectivity index (χ0) is 31.6. The number of fused-ring (bicyclic) bond motifs is 8. The molecule has 0 saturated heterocycles. The van der Waals surface area contributed by atoms with Crippen molar-refractivity contribution in [2.24, 2.45) is 0 Å². The summed E-state index contributed by atoms with van der Waals surface area (Å²) in [4.78, 5) is 7.09. The van der Waals surface area contributed by atoms with E-state index in [9.17, 15) is 0 Å². The lowest BCUT2D eigenvalue weighted by atomic mass is 10.0. The summed E-state index contributed by atoms with van der Waals surface area (Å²) in [5, 5.41) is 4.54. The van der Waals surface area contributed by atoms with Crippen molar-refractivity contribution >= 4 is 81.6 Å². The average molecular weight is 635 g/mol. The topological polar surface area (TPSA) is 42.4 Å². The molecular formula is C43H26N2O2S. The summed E-state index contributed by atoms with van der Waals surface area (Å²) < 4.78 is 15.3. The van der Waals surface area contributed by atoms with Gasteiger partial charge in [0.2, 0.25) is 5.89 Å². The molecule has 0 bridgehead atoms. The second kappa shape index (κ2) is 10.7. The lowest BCUT2D eigenvalue weighted by Gasteiger charge is -2.25. The molecule has 0 N–H and O–H groups in total. The minimum absolute atomic E-state index is 0.609. The third kappa shape index (κ3) is 4.33. The number of rotatable bonds is 5. The number of benzene rings is 7. The minimum atomic E-state index is 0.609. The van der Waals surface area contributed by atoms with E-state index >= 15 is 0 Å². The Balaban J connectivity index is 1.04. The number of thiophene rings is 1. The van der Waals surface area contributed by atoms with Crippen LogP contribution in [0.25, 0.3) is 75.8 Å². The molecule has 5 heteroatoms. The van der Waals surface area contributed by atoms with Crippen molar-refractivity contribution < 1.29 is 8.83 Å². The molecule has 0 radical (unpaired) electrons. The molecule has 0 aliphatic heterocycles. The summed E-state index contributed by atoms with van der Waals surface area (Å²) in [5.41, 5.74) is 9.66. The fourth-order valence-corrected chi connectivity index (χ4v) is 7.90. The molecule has 48 heavy (non-hydrogen) atoms. The smallest absolute Gasteiger partial charge is 0.227 e. The van der Waals surface area contributed by atoms with Crippen LogP contribution >= 0.6 is 11.3 Å². The van der Waals surface area contributed by atoms with E-state index in [2.05, 4.69) is 120 Å². The summed E-state index contributed by atoms with van der Waals surface area (Å²) in [6.45, 7) is 0. The molecule has 10 aromatic rings. The first-order valence-electron chi connectivity index (χ1n) is 15.9. The van der Waals surface area contributed by atoms with E-state index < -0.39 is 0 Å². The van der Waals surface area contributed by atoms with Crippen molar-refractivity contribution in [1.82, 2.24) is 4.98 Å². The van der Waals surface area contributed by atoms with Crippen molar-refractivity contribution in [3.63, 3.8) is 0 Å². The van der Waals surface area contributed by atoms with Gasteiger partial charge in [-0.2, -0.15) is 0 Å². The van der Waals surface area contributed by atoms with Crippen LogP contribution in [0.2, 0.25) is 0 Å². The molecule has 226 valence electrons. The molecule has 0 atom stereocenters. The van der Waals surface area contributed by atoms with Gasteiger partial charge in [0.25, 0.3) is 0 Å². The van der Waals surface area contributed by atoms with Gasteiger partial charge in [-0.05, 0) is 96.1 Å². The van der Waals surface area contributed by atoms with E-state index in [4.69, 9.17) is 13.8 Å². The van der Waals surface area contributed by atoms with Crippen LogP contribution in [-0.2, 0) is 0 Å². The van der Waals surface area contributed by atoms with Crippen molar-refractivity contribution in [3.05, 3.63) is 158 Å². The fourth-order valence-electron chi connectivity index (χ4n) is 6.81. The van der Waals surface area contributed by atoms with Crippen LogP contribution in [0.1, 0.15) is 0 Å². The molecule has 0 saturated carbocycles. The minimum Gasteiger partial charge on any atom is -0.456 e. The Bertz CT molecular complexity index is 2780. The number of para-hydroxylation sites is 1. The lowest BCUT2D eigenvalue weighted by molar-refractivity contribution is 0.622. The maximum atomic E-state index is 6.38. The van der Waals surface area contributed by atoms with Crippen molar-refractivity contribution in [2.45, 2.75) is 0 Å². The number of nitrogens with zero attached hydrogens (tertiary/aromatic N) is 2. The van der Waals surface area contributed by atoms with E-state index in [1.54, 1.807) is 0 Å². The van der Waals surface area contributed by atoms with Gasteiger partial charge >= 0.3 is 0 Å². The van der Waals surface area contributed by atoms with Gasteiger partial charge in [0.15, 0.2) is 5.58 Å². The van der Waals surface area contributed by atoms with Crippen LogP contribution in [0.4, 0.5) is 17.1 Å². The standard InChI is InChI=1S/C43H26N2O2S/c1-3-9-28(10-4-1)43-44-36-22-23-37-41(42(36)47-43)34-21-17-29(25-38(34)46-37)27-15-18-31(19-16-27)45(30-11-5-2-6-12-30)32-20-24-40-35(26-32)33-13-7-8-14-39(33)48-40/h1-26H. The quantitative estimate of drug-likeness (QED) is 0.189. The first-order valence-corrected chi connectivity index (χ1v) is 16.8. The second-order valence-corrected chi connectivity index (χ2v) is 13.1. The lowest BCUT2D eigenvalue weighted by Crippen LogP contribution is -2.09. The van der Waals surface area contributed by atoms with Crippen LogP contribution < -0.4 is 4.90 Å². The number of anilines is 3. The molecule has 4 nitrogen and oxygen atoms in total. The van der Waals surface area contributed by atoms with Gasteiger partial charge in [-0.25, -0.2) is 4.98 Å². The molecule has 0 aliphatic carbocycles. The molecule has 3 aromatic heterocycles. The molecule has 0 amide bonds. The van der Waals surface area contributed by atoms with Crippen LogP contribution in [-0.4, -0.2) is 4.98 Å². The molecule has 3 heterocycles. The molecule has 0 spiro atoms. The Kier molecular flexibility index (Phi) is 6.01. The van der Waals surface area contributed by atoms with E-state index in [0.29, 0.717) is 5.89 Å². The Morgan fingerprint density at radius 1 is 0.458 bits per heavy atom. The normalized spacial score (nSPS) is 11.8. The second-order valence-electron chi connectivity index (χ2n) is 12.0. The van der Waals surface area contributed by atoms with Gasteiger partial charge in [-0.15, -0.1) is 11.3 Å². The summed E-state index contributed by atoms with van der Waals surface area (Å²) in [6, 6.07) is 55.1. The highest BCUT2D eigenvalue weighted by Gasteiger charge is 2.18. The largest absolute Gasteiger partial charge is 0.456 e. The third-order valence-electron chi connectivity index (χ3n) is 9.10. The highest BCUT2D eigenvalue weighted by Crippen LogP contribution is 2.42. The van der Waals surface area contributed by atoms with Crippen molar-refractivity contribution in [3.8, 4) is 22.6 Å². The number of furan rings is 1. The van der Waals surface area contributed by atoms with Gasteiger partial charge in [0.1, 0.15) is 16.7 Å². The van der Waals surface area contributed by atoms with Crippen LogP contribution in [0.15, 0.2) is 167 Å². The highest BCUT2D eigenvalue weighted by atomic mass is 32.1. The Labute approximate surface area is 279 Å². The van der Waals surface area contributed by atoms with Crippen LogP contribution in [0, 0.1) is 0 Å². The highest BCUT2D eigenvalue weighted by molar-refractivity contribution is 7.25. The van der Waals surface area contributed by atoms with Crippen LogP contribution in [0.5, 0.6) is 0 Å². The van der Waals surface area contributed by atoms with E-state index in [0.717, 1.165) is 66.8 Å². The monoisotopic (exact) mass is 634 g/mol. The first kappa shape index (κ1) is 27.0. The third-order valence-corrected chi connectivity index (χ3v) is 10.3. The summed E-state index contributed by atoms with van der Waals surface area (Å²) in [7, 11) is 0. The van der Waals surface area contributed by atoms with E-state index in [-0.39, 0.29) is 0 Å². The predicted octanol–water partition coefficient (Wildman–Crippen LogP) is 12.9. The molecule has 7 aromatic carbocycles. The zero-order valence-electron chi connectivity index (χ0n) is 25.6. The maximum Gasteiger partial charge on any atom is 0.227 e. The summed E-state index contributed by atoms with van der Waals surface area (Å²) >= 11 is 1.84. The van der Waals surface area contributed by atoms with Gasteiger partial charge in [0, 0.05) is 48.2 Å².